The van der Waals surface area contributed by atoms with Crippen molar-refractivity contribution < 1.29 is 22.4 Å². The smallest absolute Gasteiger partial charge is 0.384 e. The summed E-state index contributed by atoms with van der Waals surface area (Å²) in [6.45, 7) is -0.185. The molecule has 0 atom stereocenters. The topological polar surface area (TPSA) is 76.1 Å². The molecule has 1 aromatic carbocycles. The highest BCUT2D eigenvalue weighted by Crippen LogP contribution is 2.37. The first-order valence-corrected chi connectivity index (χ1v) is 7.07. The van der Waals surface area contributed by atoms with Gasteiger partial charge in [-0.2, -0.15) is 12.7 Å². The van der Waals surface area contributed by atoms with Crippen molar-refractivity contribution >= 4 is 26.2 Å². The summed E-state index contributed by atoms with van der Waals surface area (Å²) in [6, 6.07) is 3.06. The number of rotatable bonds is 5. The van der Waals surface area contributed by atoms with Crippen LogP contribution in [-0.4, -0.2) is 39.0 Å². The second-order valence-corrected chi connectivity index (χ2v) is 6.20. The standard InChI is InChI=1S/C10H14BrNO5S/c1-12(2)18(14,15)17-10-8(11)4-7(6-13)5-9(10)16-3/h4-5,13H,6H2,1-3H3. The lowest BCUT2D eigenvalue weighted by atomic mass is 10.2. The third kappa shape index (κ3) is 3.35. The van der Waals surface area contributed by atoms with Gasteiger partial charge in [0.05, 0.1) is 18.2 Å². The van der Waals surface area contributed by atoms with E-state index in [0.29, 0.717) is 10.0 Å². The van der Waals surface area contributed by atoms with Gasteiger partial charge in [-0.15, -0.1) is 0 Å². The van der Waals surface area contributed by atoms with Crippen LogP contribution in [0.4, 0.5) is 0 Å². The average molecular weight is 340 g/mol. The van der Waals surface area contributed by atoms with E-state index in [9.17, 15) is 8.42 Å². The van der Waals surface area contributed by atoms with Crippen LogP contribution < -0.4 is 8.92 Å². The van der Waals surface area contributed by atoms with Crippen LogP contribution in [0.25, 0.3) is 0 Å². The average Bonchev–Trinajstić information content (AvgIpc) is 2.30. The summed E-state index contributed by atoms with van der Waals surface area (Å²) in [7, 11) is 0.240. The zero-order chi connectivity index (χ0) is 13.9. The predicted molar refractivity (Wildman–Crippen MR) is 69.9 cm³/mol. The fraction of sp³-hybridized carbons (Fsp3) is 0.400. The van der Waals surface area contributed by atoms with Crippen molar-refractivity contribution in [1.82, 2.24) is 4.31 Å². The number of nitrogens with zero attached hydrogens (tertiary/aromatic N) is 1. The van der Waals surface area contributed by atoms with Crippen LogP contribution >= 0.6 is 15.9 Å². The van der Waals surface area contributed by atoms with Gasteiger partial charge in [0.15, 0.2) is 11.5 Å². The van der Waals surface area contributed by atoms with Gasteiger partial charge in [0.25, 0.3) is 0 Å². The van der Waals surface area contributed by atoms with Gasteiger partial charge in [-0.3, -0.25) is 0 Å². The molecule has 6 nitrogen and oxygen atoms in total. The Bertz CT molecular complexity index is 529. The molecule has 1 N–H and O–H groups in total. The summed E-state index contributed by atoms with van der Waals surface area (Å²) >= 11 is 3.18. The van der Waals surface area contributed by atoms with Gasteiger partial charge in [-0.1, -0.05) is 0 Å². The number of aliphatic hydroxyl groups excluding tert-OH is 1. The molecule has 0 aliphatic heterocycles. The largest absolute Gasteiger partial charge is 0.493 e. The number of methoxy groups -OCH3 is 1. The van der Waals surface area contributed by atoms with E-state index >= 15 is 0 Å². The Labute approximate surface area is 115 Å². The number of ether oxygens (including phenoxy) is 1. The lowest BCUT2D eigenvalue weighted by Gasteiger charge is -2.16. The second-order valence-electron chi connectivity index (χ2n) is 3.59. The van der Waals surface area contributed by atoms with E-state index < -0.39 is 10.3 Å². The van der Waals surface area contributed by atoms with Gasteiger partial charge in [-0.05, 0) is 33.6 Å². The maximum Gasteiger partial charge on any atom is 0.384 e. The zero-order valence-corrected chi connectivity index (χ0v) is 12.6. The molecule has 0 spiro atoms. The van der Waals surface area contributed by atoms with Crippen LogP contribution in [0.15, 0.2) is 16.6 Å². The van der Waals surface area contributed by atoms with Crippen LogP contribution in [0.1, 0.15) is 5.56 Å². The highest BCUT2D eigenvalue weighted by atomic mass is 79.9. The quantitative estimate of drug-likeness (QED) is 0.870. The molecule has 0 saturated heterocycles. The molecule has 0 radical (unpaired) electrons. The molecule has 8 heteroatoms. The van der Waals surface area contributed by atoms with Crippen LogP contribution in [0.2, 0.25) is 0 Å². The summed E-state index contributed by atoms with van der Waals surface area (Å²) in [5.74, 6) is 0.266. The van der Waals surface area contributed by atoms with Crippen molar-refractivity contribution in [3.8, 4) is 11.5 Å². The molecule has 0 aliphatic carbocycles. The van der Waals surface area contributed by atoms with Gasteiger partial charge >= 0.3 is 10.3 Å². The number of benzene rings is 1. The van der Waals surface area contributed by atoms with Crippen molar-refractivity contribution in [2.75, 3.05) is 21.2 Å². The minimum Gasteiger partial charge on any atom is -0.493 e. The molecule has 0 aromatic heterocycles. The summed E-state index contributed by atoms with van der Waals surface area (Å²) in [6.07, 6.45) is 0. The second kappa shape index (κ2) is 5.87. The Kier molecular flexibility index (Phi) is 4.97. The lowest BCUT2D eigenvalue weighted by Crippen LogP contribution is -2.27. The van der Waals surface area contributed by atoms with Crippen molar-refractivity contribution in [2.45, 2.75) is 6.61 Å². The van der Waals surface area contributed by atoms with Crippen LogP contribution in [0.3, 0.4) is 0 Å². The number of hydrogen-bond donors (Lipinski definition) is 1. The van der Waals surface area contributed by atoms with Gasteiger partial charge < -0.3 is 14.0 Å². The summed E-state index contributed by atoms with van der Waals surface area (Å²) in [5, 5.41) is 9.05. The van der Waals surface area contributed by atoms with E-state index in [1.165, 1.54) is 27.3 Å². The van der Waals surface area contributed by atoms with Gasteiger partial charge in [-0.25, -0.2) is 0 Å². The molecule has 0 bridgehead atoms. The van der Waals surface area contributed by atoms with Crippen molar-refractivity contribution in [3.05, 3.63) is 22.2 Å². The molecular formula is C10H14BrNO5S. The fourth-order valence-corrected chi connectivity index (χ4v) is 2.33. The third-order valence-corrected chi connectivity index (χ3v) is 3.97. The van der Waals surface area contributed by atoms with Gasteiger partial charge in [0.1, 0.15) is 0 Å². The van der Waals surface area contributed by atoms with Crippen molar-refractivity contribution in [1.29, 1.82) is 0 Å². The van der Waals surface area contributed by atoms with E-state index in [4.69, 9.17) is 14.0 Å². The predicted octanol–water partition coefficient (Wildman–Crippen LogP) is 1.14. The third-order valence-electron chi connectivity index (χ3n) is 2.11. The normalized spacial score (nSPS) is 11.7. The Morgan fingerprint density at radius 2 is 2.00 bits per heavy atom. The highest BCUT2D eigenvalue weighted by molar-refractivity contribution is 9.10. The SMILES string of the molecule is COc1cc(CO)cc(Br)c1OS(=O)(=O)N(C)C. The first-order chi connectivity index (χ1) is 8.31. The lowest BCUT2D eigenvalue weighted by molar-refractivity contribution is 0.280. The van der Waals surface area contributed by atoms with E-state index in [-0.39, 0.29) is 18.1 Å². The van der Waals surface area contributed by atoms with Crippen LogP contribution in [0, 0.1) is 0 Å². The Morgan fingerprint density at radius 3 is 2.44 bits per heavy atom. The number of aliphatic hydroxyl groups is 1. The molecule has 1 rings (SSSR count). The minimum atomic E-state index is -3.87. The Balaban J connectivity index is 3.25. The molecule has 18 heavy (non-hydrogen) atoms. The molecule has 0 aliphatic rings. The van der Waals surface area contributed by atoms with E-state index in [1.807, 2.05) is 0 Å². The summed E-state index contributed by atoms with van der Waals surface area (Å²) in [5.41, 5.74) is 0.577. The number of hydrogen-bond acceptors (Lipinski definition) is 5. The fourth-order valence-electron chi connectivity index (χ4n) is 1.13. The minimum absolute atomic E-state index is 0.0448. The zero-order valence-electron chi connectivity index (χ0n) is 10.2. The molecule has 102 valence electrons. The highest BCUT2D eigenvalue weighted by Gasteiger charge is 2.21. The molecule has 1 aromatic rings. The molecule has 0 heterocycles. The molecule has 0 unspecified atom stereocenters. The van der Waals surface area contributed by atoms with Crippen molar-refractivity contribution in [3.63, 3.8) is 0 Å². The van der Waals surface area contributed by atoms with Crippen LogP contribution in [0.5, 0.6) is 11.5 Å². The van der Waals surface area contributed by atoms with Gasteiger partial charge in [0, 0.05) is 14.1 Å². The van der Waals surface area contributed by atoms with E-state index in [2.05, 4.69) is 15.9 Å². The first kappa shape index (κ1) is 15.2. The summed E-state index contributed by atoms with van der Waals surface area (Å²) in [4.78, 5) is 0. The Morgan fingerprint density at radius 1 is 1.39 bits per heavy atom. The molecule has 0 saturated carbocycles. The van der Waals surface area contributed by atoms with Crippen LogP contribution in [-0.2, 0) is 16.9 Å². The van der Waals surface area contributed by atoms with Crippen molar-refractivity contribution in [2.24, 2.45) is 0 Å². The van der Waals surface area contributed by atoms with E-state index in [0.717, 1.165) is 4.31 Å². The first-order valence-electron chi connectivity index (χ1n) is 4.91. The molecule has 0 fully saturated rings. The maximum atomic E-state index is 11.7. The Hall–Kier alpha value is -0.830. The molecule has 0 amide bonds. The summed E-state index contributed by atoms with van der Waals surface area (Å²) < 4.78 is 34.6. The van der Waals surface area contributed by atoms with Gasteiger partial charge in [0.2, 0.25) is 0 Å². The molecular weight excluding hydrogens is 326 g/mol. The number of halogens is 1. The van der Waals surface area contributed by atoms with E-state index in [1.54, 1.807) is 6.07 Å². The maximum absolute atomic E-state index is 11.7. The monoisotopic (exact) mass is 339 g/mol.